The van der Waals surface area contributed by atoms with Crippen molar-refractivity contribution in [1.82, 2.24) is 14.5 Å². The number of imidazole rings is 1. The molecule has 0 aliphatic heterocycles. The van der Waals surface area contributed by atoms with Crippen LogP contribution in [-0.2, 0) is 26.6 Å². The van der Waals surface area contributed by atoms with Gasteiger partial charge in [-0.15, -0.1) is 0 Å². The lowest BCUT2D eigenvalue weighted by Gasteiger charge is -2.20. The summed E-state index contributed by atoms with van der Waals surface area (Å²) >= 11 is 1.64. The number of aromatic nitrogens is 3. The number of carbonyl (C=O) groups is 3. The Kier molecular flexibility index (Phi) is 10.0. The quantitative estimate of drug-likeness (QED) is 0.204. The Bertz CT molecular complexity index is 1410. The van der Waals surface area contributed by atoms with Gasteiger partial charge in [-0.2, -0.15) is 0 Å². The fourth-order valence-electron chi connectivity index (χ4n) is 3.78. The third kappa shape index (κ3) is 7.19. The van der Waals surface area contributed by atoms with Crippen molar-refractivity contribution in [2.24, 2.45) is 0 Å². The Morgan fingerprint density at radius 1 is 0.974 bits per heavy atom. The number of pyridine rings is 1. The van der Waals surface area contributed by atoms with E-state index in [0.717, 1.165) is 39.7 Å². The number of benzene rings is 2. The number of nitrogens with zero attached hydrogens (tertiary/aromatic N) is 3. The molecule has 2 heterocycles. The number of carboxylic acid groups (broad SMARTS) is 2. The second-order valence-corrected chi connectivity index (χ2v) is 9.36. The van der Waals surface area contributed by atoms with E-state index in [1.165, 1.54) is 11.1 Å². The number of thioether (sulfide) groups is 1. The summed E-state index contributed by atoms with van der Waals surface area (Å²) in [6.07, 6.45) is 3.26. The zero-order valence-electron chi connectivity index (χ0n) is 21.4. The number of hydrogen-bond donors (Lipinski definition) is 3. The number of carbonyl (C=O) groups excluding carboxylic acids is 1. The normalized spacial score (nSPS) is 11.3. The average Bonchev–Trinajstić information content (AvgIpc) is 3.27. The molecule has 198 valence electrons. The largest absolute Gasteiger partial charge is 0.473 e. The predicted molar refractivity (Wildman–Crippen MR) is 147 cm³/mol. The lowest BCUT2D eigenvalue weighted by molar-refractivity contribution is -0.159. The van der Waals surface area contributed by atoms with Gasteiger partial charge in [0.2, 0.25) is 5.91 Å². The Morgan fingerprint density at radius 2 is 1.66 bits per heavy atom. The summed E-state index contributed by atoms with van der Waals surface area (Å²) in [6, 6.07) is 19.9. The van der Waals surface area contributed by atoms with Gasteiger partial charge in [0.15, 0.2) is 10.8 Å². The van der Waals surface area contributed by atoms with E-state index < -0.39 is 18.0 Å². The fourth-order valence-corrected chi connectivity index (χ4v) is 4.78. The van der Waals surface area contributed by atoms with E-state index in [1.807, 2.05) is 47.9 Å². The lowest BCUT2D eigenvalue weighted by Crippen LogP contribution is -2.26. The summed E-state index contributed by atoms with van der Waals surface area (Å²) in [5.74, 6) is -2.92. The van der Waals surface area contributed by atoms with Gasteiger partial charge in [-0.05, 0) is 49.1 Å². The lowest BCUT2D eigenvalue weighted by atomic mass is 10.1. The second kappa shape index (κ2) is 13.4. The molecule has 0 bridgehead atoms. The molecule has 2 aromatic heterocycles. The van der Waals surface area contributed by atoms with Gasteiger partial charge >= 0.3 is 11.9 Å². The van der Waals surface area contributed by atoms with Gasteiger partial charge in [-0.3, -0.25) is 9.36 Å². The third-order valence-electron chi connectivity index (χ3n) is 5.75. The first kappa shape index (κ1) is 28.4. The van der Waals surface area contributed by atoms with E-state index in [-0.39, 0.29) is 5.91 Å². The maximum absolute atomic E-state index is 13.4. The zero-order valence-corrected chi connectivity index (χ0v) is 22.2. The van der Waals surface area contributed by atoms with Crippen molar-refractivity contribution in [3.63, 3.8) is 0 Å². The minimum atomic E-state index is -1.82. The van der Waals surface area contributed by atoms with E-state index in [1.54, 1.807) is 18.0 Å². The van der Waals surface area contributed by atoms with E-state index >= 15 is 0 Å². The van der Waals surface area contributed by atoms with Crippen molar-refractivity contribution in [3.05, 3.63) is 83.6 Å². The number of nitrogens with one attached hydrogen (secondary N) is 1. The second-order valence-electron chi connectivity index (χ2n) is 8.42. The molecular weight excluding hydrogens is 504 g/mol. The molecule has 0 spiro atoms. The molecule has 0 saturated carbocycles. The smallest absolute Gasteiger partial charge is 0.414 e. The Labute approximate surface area is 224 Å². The molecule has 0 fully saturated rings. The molecule has 0 radical (unpaired) electrons. The van der Waals surface area contributed by atoms with Crippen LogP contribution in [0.25, 0.3) is 11.2 Å². The van der Waals surface area contributed by atoms with Gasteiger partial charge in [0.1, 0.15) is 11.6 Å². The number of hydrogen-bond acceptors (Lipinski definition) is 6. The highest BCUT2D eigenvalue weighted by Crippen LogP contribution is 2.31. The van der Waals surface area contributed by atoms with E-state index in [0.29, 0.717) is 6.42 Å². The molecule has 9 nitrogen and oxygen atoms in total. The van der Waals surface area contributed by atoms with Crippen LogP contribution in [0.4, 0.5) is 5.69 Å². The Morgan fingerprint density at radius 3 is 2.29 bits per heavy atom. The molecule has 3 N–H and O–H groups in total. The standard InChI is InChI=1S/C26H28N4OS.C2H2O4/c1-4-20-9-6-7-10-21(20)28-25(31)23(5-2)30-24-22(11-8-16-27-24)29-26(30)32-17-19-14-12-18(3)13-15-19;3-1(4)2(5)6/h6-16,23H,4-5,17H2,1-3H3,(H,28,31);(H,3,4)(H,5,6). The van der Waals surface area contributed by atoms with Crippen LogP contribution in [0.3, 0.4) is 0 Å². The molecule has 1 atom stereocenters. The molecule has 1 amide bonds. The first-order valence-electron chi connectivity index (χ1n) is 12.1. The van der Waals surface area contributed by atoms with Crippen LogP contribution in [0.2, 0.25) is 0 Å². The molecule has 0 saturated heterocycles. The molecule has 4 aromatic rings. The van der Waals surface area contributed by atoms with Gasteiger partial charge in [0.05, 0.1) is 0 Å². The monoisotopic (exact) mass is 534 g/mol. The van der Waals surface area contributed by atoms with Gasteiger partial charge in [-0.1, -0.05) is 73.6 Å². The minimum absolute atomic E-state index is 0.0458. The topological polar surface area (TPSA) is 134 Å². The highest BCUT2D eigenvalue weighted by molar-refractivity contribution is 7.98. The molecular formula is C28H30N4O5S. The zero-order chi connectivity index (χ0) is 27.7. The van der Waals surface area contributed by atoms with Crippen molar-refractivity contribution in [1.29, 1.82) is 0 Å². The van der Waals surface area contributed by atoms with Crippen LogP contribution >= 0.6 is 11.8 Å². The van der Waals surface area contributed by atoms with Crippen molar-refractivity contribution < 1.29 is 24.6 Å². The first-order valence-corrected chi connectivity index (χ1v) is 13.1. The third-order valence-corrected chi connectivity index (χ3v) is 6.77. The molecule has 0 aliphatic rings. The molecule has 10 heteroatoms. The van der Waals surface area contributed by atoms with Crippen LogP contribution in [-0.4, -0.2) is 42.6 Å². The average molecular weight is 535 g/mol. The van der Waals surface area contributed by atoms with E-state index in [9.17, 15) is 4.79 Å². The summed E-state index contributed by atoms with van der Waals surface area (Å²) in [4.78, 5) is 41.0. The first-order chi connectivity index (χ1) is 18.2. The van der Waals surface area contributed by atoms with Crippen LogP contribution < -0.4 is 5.32 Å². The molecule has 38 heavy (non-hydrogen) atoms. The SMILES string of the molecule is CCc1ccccc1NC(=O)C(CC)n1c(SCc2ccc(C)cc2)nc2cccnc21.O=C(O)C(=O)O. The molecule has 0 aliphatic carbocycles. The molecule has 4 rings (SSSR count). The minimum Gasteiger partial charge on any atom is -0.473 e. The van der Waals surface area contributed by atoms with Crippen molar-refractivity contribution >= 4 is 46.5 Å². The number of rotatable bonds is 8. The van der Waals surface area contributed by atoms with E-state index in [4.69, 9.17) is 24.8 Å². The summed E-state index contributed by atoms with van der Waals surface area (Å²) in [5.41, 5.74) is 6.00. The number of anilines is 1. The fraction of sp³-hybridized carbons (Fsp3) is 0.250. The van der Waals surface area contributed by atoms with Crippen LogP contribution in [0.1, 0.15) is 43.0 Å². The maximum atomic E-state index is 13.4. The summed E-state index contributed by atoms with van der Waals surface area (Å²) in [7, 11) is 0. The van der Waals surface area contributed by atoms with Gasteiger partial charge in [-0.25, -0.2) is 19.6 Å². The number of fused-ring (bicyclic) bond motifs is 1. The summed E-state index contributed by atoms with van der Waals surface area (Å²) in [5, 5.41) is 18.7. The van der Waals surface area contributed by atoms with Crippen molar-refractivity contribution in [3.8, 4) is 0 Å². The summed E-state index contributed by atoms with van der Waals surface area (Å²) in [6.45, 7) is 6.21. The number of amides is 1. The molecule has 1 unspecified atom stereocenters. The van der Waals surface area contributed by atoms with Gasteiger partial charge < -0.3 is 15.5 Å². The van der Waals surface area contributed by atoms with Crippen molar-refractivity contribution in [2.75, 3.05) is 5.32 Å². The number of carboxylic acids is 2. The van der Waals surface area contributed by atoms with Gasteiger partial charge in [0.25, 0.3) is 0 Å². The number of aliphatic carboxylic acids is 2. The Balaban J connectivity index is 0.000000599. The maximum Gasteiger partial charge on any atom is 0.414 e. The van der Waals surface area contributed by atoms with Crippen LogP contribution in [0.15, 0.2) is 72.0 Å². The number of para-hydroxylation sites is 1. The highest BCUT2D eigenvalue weighted by Gasteiger charge is 2.25. The van der Waals surface area contributed by atoms with Crippen LogP contribution in [0.5, 0.6) is 0 Å². The van der Waals surface area contributed by atoms with E-state index in [2.05, 4.69) is 48.4 Å². The predicted octanol–water partition coefficient (Wildman–Crippen LogP) is 5.34. The van der Waals surface area contributed by atoms with Gasteiger partial charge in [0, 0.05) is 17.6 Å². The highest BCUT2D eigenvalue weighted by atomic mass is 32.2. The Hall–Kier alpha value is -4.18. The van der Waals surface area contributed by atoms with Crippen molar-refractivity contribution in [2.45, 2.75) is 50.6 Å². The molecule has 2 aromatic carbocycles. The number of aryl methyl sites for hydroxylation is 2. The van der Waals surface area contributed by atoms with Crippen LogP contribution in [0, 0.1) is 6.92 Å². The summed E-state index contributed by atoms with van der Waals surface area (Å²) < 4.78 is 2.00.